The van der Waals surface area contributed by atoms with Gasteiger partial charge in [-0.15, -0.1) is 0 Å². The standard InChI is InChI=1S/C10H14N2O2/c1-4-7(2)6-12-8(3)9(5-11-12)10(13)14/h5H,2,4,6H2,1,3H3,(H,13,14). The first-order valence-electron chi connectivity index (χ1n) is 4.48. The molecule has 14 heavy (non-hydrogen) atoms. The Morgan fingerprint density at radius 1 is 1.71 bits per heavy atom. The first kappa shape index (κ1) is 10.5. The molecule has 0 unspecified atom stereocenters. The van der Waals surface area contributed by atoms with Gasteiger partial charge in [0.05, 0.1) is 18.4 Å². The van der Waals surface area contributed by atoms with E-state index in [1.165, 1.54) is 6.20 Å². The Labute approximate surface area is 82.9 Å². The molecule has 0 spiro atoms. The van der Waals surface area contributed by atoms with Gasteiger partial charge in [0.25, 0.3) is 0 Å². The van der Waals surface area contributed by atoms with E-state index in [1.807, 2.05) is 6.92 Å². The lowest BCUT2D eigenvalue weighted by Gasteiger charge is -2.05. The summed E-state index contributed by atoms with van der Waals surface area (Å²) in [6.45, 7) is 8.21. The quantitative estimate of drug-likeness (QED) is 0.744. The SMILES string of the molecule is C=C(CC)Cn1ncc(C(=O)O)c1C. The topological polar surface area (TPSA) is 55.1 Å². The zero-order valence-corrected chi connectivity index (χ0v) is 8.45. The van der Waals surface area contributed by atoms with E-state index in [1.54, 1.807) is 11.6 Å². The molecule has 0 aliphatic heterocycles. The minimum absolute atomic E-state index is 0.258. The van der Waals surface area contributed by atoms with Crippen LogP contribution in [0.5, 0.6) is 0 Å². The van der Waals surface area contributed by atoms with Crippen LogP contribution in [0.2, 0.25) is 0 Å². The zero-order valence-electron chi connectivity index (χ0n) is 8.45. The van der Waals surface area contributed by atoms with Crippen LogP contribution in [-0.4, -0.2) is 20.9 Å². The highest BCUT2D eigenvalue weighted by molar-refractivity contribution is 5.88. The maximum atomic E-state index is 10.7. The zero-order chi connectivity index (χ0) is 10.7. The smallest absolute Gasteiger partial charge is 0.339 e. The largest absolute Gasteiger partial charge is 0.478 e. The van der Waals surface area contributed by atoms with Gasteiger partial charge in [-0.25, -0.2) is 4.79 Å². The molecular weight excluding hydrogens is 180 g/mol. The molecule has 4 nitrogen and oxygen atoms in total. The fraction of sp³-hybridized carbons (Fsp3) is 0.400. The Morgan fingerprint density at radius 3 is 2.79 bits per heavy atom. The molecule has 1 rings (SSSR count). The Morgan fingerprint density at radius 2 is 2.36 bits per heavy atom. The van der Waals surface area contributed by atoms with Crippen molar-refractivity contribution in [2.24, 2.45) is 0 Å². The lowest BCUT2D eigenvalue weighted by atomic mass is 10.2. The van der Waals surface area contributed by atoms with E-state index in [0.29, 0.717) is 12.2 Å². The third-order valence-electron chi connectivity index (χ3n) is 2.21. The summed E-state index contributed by atoms with van der Waals surface area (Å²) in [4.78, 5) is 10.7. The molecule has 76 valence electrons. The van der Waals surface area contributed by atoms with Crippen LogP contribution in [0.4, 0.5) is 0 Å². The monoisotopic (exact) mass is 194 g/mol. The molecule has 1 aromatic rings. The first-order chi connectivity index (χ1) is 6.56. The van der Waals surface area contributed by atoms with Gasteiger partial charge in [-0.05, 0) is 13.3 Å². The molecule has 0 fully saturated rings. The molecule has 0 bridgehead atoms. The van der Waals surface area contributed by atoms with E-state index in [4.69, 9.17) is 5.11 Å². The highest BCUT2D eigenvalue weighted by Gasteiger charge is 2.12. The Balaban J connectivity index is 2.90. The number of rotatable bonds is 4. The van der Waals surface area contributed by atoms with Crippen LogP contribution in [0, 0.1) is 6.92 Å². The summed E-state index contributed by atoms with van der Waals surface area (Å²) in [6, 6.07) is 0. The predicted molar refractivity (Wildman–Crippen MR) is 53.4 cm³/mol. The van der Waals surface area contributed by atoms with Crippen molar-refractivity contribution in [2.45, 2.75) is 26.8 Å². The van der Waals surface area contributed by atoms with Gasteiger partial charge in [-0.1, -0.05) is 19.1 Å². The predicted octanol–water partition coefficient (Wildman–Crippen LogP) is 1.86. The number of aromatic carboxylic acids is 1. The summed E-state index contributed by atoms with van der Waals surface area (Å²) in [6.07, 6.45) is 2.25. The van der Waals surface area contributed by atoms with E-state index in [0.717, 1.165) is 12.0 Å². The molecule has 0 radical (unpaired) electrons. The van der Waals surface area contributed by atoms with E-state index >= 15 is 0 Å². The van der Waals surface area contributed by atoms with Crippen molar-refractivity contribution < 1.29 is 9.90 Å². The molecule has 0 aliphatic carbocycles. The third kappa shape index (κ3) is 2.02. The van der Waals surface area contributed by atoms with Crippen molar-refractivity contribution in [2.75, 3.05) is 0 Å². The molecule has 0 atom stereocenters. The maximum absolute atomic E-state index is 10.7. The van der Waals surface area contributed by atoms with Crippen LogP contribution in [0.3, 0.4) is 0 Å². The molecule has 4 heteroatoms. The lowest BCUT2D eigenvalue weighted by molar-refractivity contribution is 0.0696. The fourth-order valence-electron chi connectivity index (χ4n) is 1.14. The molecule has 0 aliphatic rings. The van der Waals surface area contributed by atoms with Gasteiger partial charge in [0.1, 0.15) is 5.56 Å². The van der Waals surface area contributed by atoms with Crippen LogP contribution in [0.1, 0.15) is 29.4 Å². The van der Waals surface area contributed by atoms with E-state index in [9.17, 15) is 4.79 Å². The van der Waals surface area contributed by atoms with E-state index < -0.39 is 5.97 Å². The highest BCUT2D eigenvalue weighted by atomic mass is 16.4. The number of carboxylic acid groups (broad SMARTS) is 1. The van der Waals surface area contributed by atoms with Crippen LogP contribution in [0.15, 0.2) is 18.3 Å². The van der Waals surface area contributed by atoms with Crippen LogP contribution < -0.4 is 0 Å². The molecule has 0 amide bonds. The molecule has 1 aromatic heterocycles. The van der Waals surface area contributed by atoms with Crippen molar-refractivity contribution in [3.8, 4) is 0 Å². The Kier molecular flexibility index (Phi) is 3.06. The summed E-state index contributed by atoms with van der Waals surface area (Å²) < 4.78 is 1.66. The minimum Gasteiger partial charge on any atom is -0.478 e. The van der Waals surface area contributed by atoms with Gasteiger partial charge in [0.15, 0.2) is 0 Å². The number of nitrogens with zero attached hydrogens (tertiary/aromatic N) is 2. The summed E-state index contributed by atoms with van der Waals surface area (Å²) in [7, 11) is 0. The van der Waals surface area contributed by atoms with Gasteiger partial charge < -0.3 is 5.11 Å². The van der Waals surface area contributed by atoms with Crippen LogP contribution in [0.25, 0.3) is 0 Å². The summed E-state index contributed by atoms with van der Waals surface area (Å²) in [5.41, 5.74) is 1.97. The maximum Gasteiger partial charge on any atom is 0.339 e. The van der Waals surface area contributed by atoms with Gasteiger partial charge >= 0.3 is 5.97 Å². The summed E-state index contributed by atoms with van der Waals surface area (Å²) in [5, 5.41) is 12.8. The van der Waals surface area contributed by atoms with Gasteiger partial charge in [0.2, 0.25) is 0 Å². The number of hydrogen-bond acceptors (Lipinski definition) is 2. The average molecular weight is 194 g/mol. The van der Waals surface area contributed by atoms with Crippen LogP contribution >= 0.6 is 0 Å². The number of carbonyl (C=O) groups is 1. The van der Waals surface area contributed by atoms with Crippen molar-refractivity contribution >= 4 is 5.97 Å². The van der Waals surface area contributed by atoms with Gasteiger partial charge in [0, 0.05) is 0 Å². The molecule has 1 heterocycles. The number of allylic oxidation sites excluding steroid dienone is 1. The lowest BCUT2D eigenvalue weighted by Crippen LogP contribution is -2.06. The number of aromatic nitrogens is 2. The average Bonchev–Trinajstić information content (AvgIpc) is 2.48. The normalized spacial score (nSPS) is 10.1. The molecule has 1 N–H and O–H groups in total. The molecule has 0 saturated heterocycles. The minimum atomic E-state index is -0.934. The molecular formula is C10H14N2O2. The molecule has 0 aromatic carbocycles. The van der Waals surface area contributed by atoms with E-state index in [-0.39, 0.29) is 5.56 Å². The van der Waals surface area contributed by atoms with Crippen molar-refractivity contribution in [1.82, 2.24) is 9.78 Å². The third-order valence-corrected chi connectivity index (χ3v) is 2.21. The second-order valence-electron chi connectivity index (χ2n) is 3.21. The van der Waals surface area contributed by atoms with Crippen molar-refractivity contribution in [3.63, 3.8) is 0 Å². The van der Waals surface area contributed by atoms with E-state index in [2.05, 4.69) is 11.7 Å². The van der Waals surface area contributed by atoms with Gasteiger partial charge in [-0.2, -0.15) is 5.10 Å². The number of hydrogen-bond donors (Lipinski definition) is 1. The highest BCUT2D eigenvalue weighted by Crippen LogP contribution is 2.09. The second-order valence-corrected chi connectivity index (χ2v) is 3.21. The van der Waals surface area contributed by atoms with Crippen LogP contribution in [-0.2, 0) is 6.54 Å². The van der Waals surface area contributed by atoms with Crippen molar-refractivity contribution in [3.05, 3.63) is 29.6 Å². The molecule has 0 saturated carbocycles. The summed E-state index contributed by atoms with van der Waals surface area (Å²) in [5.74, 6) is -0.934. The number of carboxylic acids is 1. The first-order valence-corrected chi connectivity index (χ1v) is 4.48. The Hall–Kier alpha value is -1.58. The Bertz CT molecular complexity index is 366. The van der Waals surface area contributed by atoms with Crippen molar-refractivity contribution in [1.29, 1.82) is 0 Å². The fourth-order valence-corrected chi connectivity index (χ4v) is 1.14. The summed E-state index contributed by atoms with van der Waals surface area (Å²) >= 11 is 0. The second kappa shape index (κ2) is 4.09. The van der Waals surface area contributed by atoms with Gasteiger partial charge in [-0.3, -0.25) is 4.68 Å².